The van der Waals surface area contributed by atoms with Gasteiger partial charge < -0.3 is 4.74 Å². The lowest BCUT2D eigenvalue weighted by molar-refractivity contribution is -0.0275. The Morgan fingerprint density at radius 3 is 2.50 bits per heavy atom. The van der Waals surface area contributed by atoms with Crippen molar-refractivity contribution in [3.05, 3.63) is 0 Å². The fraction of sp³-hybridized carbons (Fsp3) is 1.00. The smallest absolute Gasteiger partial charge is 0.219 e. The van der Waals surface area contributed by atoms with Gasteiger partial charge in [0.05, 0.1) is 6.10 Å². The van der Waals surface area contributed by atoms with E-state index in [-0.39, 0.29) is 5.60 Å². The summed E-state index contributed by atoms with van der Waals surface area (Å²) in [6.07, 6.45) is 1.88. The Hall–Kier alpha value is 0.830. The molecule has 0 N–H and O–H groups in total. The molecule has 4 unspecified atom stereocenters. The van der Waals surface area contributed by atoms with Crippen molar-refractivity contribution in [2.75, 3.05) is 0 Å². The van der Waals surface area contributed by atoms with E-state index < -0.39 is 3.79 Å². The molecule has 0 radical (unpaired) electrons. The third kappa shape index (κ3) is 0.507. The van der Waals surface area contributed by atoms with Gasteiger partial charge in [-0.2, -0.15) is 0 Å². The van der Waals surface area contributed by atoms with E-state index in [0.29, 0.717) is 17.9 Å². The van der Waals surface area contributed by atoms with Crippen LogP contribution >= 0.6 is 34.8 Å². The molecule has 1 nitrogen and oxygen atoms in total. The molecule has 16 heavy (non-hydrogen) atoms. The molecule has 4 bridgehead atoms. The van der Waals surface area contributed by atoms with Crippen LogP contribution < -0.4 is 0 Å². The minimum absolute atomic E-state index is 0.380. The van der Waals surface area contributed by atoms with Crippen molar-refractivity contribution in [3.8, 4) is 0 Å². The summed E-state index contributed by atoms with van der Waals surface area (Å²) in [5, 5.41) is 0. The molecule has 0 amide bonds. The van der Waals surface area contributed by atoms with Crippen LogP contribution in [0.5, 0.6) is 0 Å². The minimum atomic E-state index is -1.21. The van der Waals surface area contributed by atoms with Gasteiger partial charge in [-0.15, -0.1) is 0 Å². The molecule has 2 aliphatic heterocycles. The van der Waals surface area contributed by atoms with Crippen molar-refractivity contribution in [2.24, 2.45) is 47.3 Å². The number of rotatable bonds is 0. The minimum Gasteiger partial charge on any atom is -0.366 e. The molecule has 2 heterocycles. The molecule has 7 aliphatic rings. The summed E-state index contributed by atoms with van der Waals surface area (Å²) in [6, 6.07) is 0. The summed E-state index contributed by atoms with van der Waals surface area (Å²) >= 11 is 18.9. The number of hydrogen-bond donors (Lipinski definition) is 0. The van der Waals surface area contributed by atoms with E-state index >= 15 is 0 Å². The highest BCUT2D eigenvalue weighted by molar-refractivity contribution is 6.68. The zero-order valence-electron chi connectivity index (χ0n) is 8.45. The number of alkyl halides is 3. The molecule has 0 aromatic heterocycles. The van der Waals surface area contributed by atoms with E-state index in [1.54, 1.807) is 0 Å². The van der Waals surface area contributed by atoms with Crippen molar-refractivity contribution in [2.45, 2.75) is 21.9 Å². The SMILES string of the molecule is ClC(Cl)(Cl)[C@@]12O[C@H]3[C@H]4C1C1C[C@H]4[C@H]4C1C2[C@@H]34. The second kappa shape index (κ2) is 1.99. The predicted octanol–water partition coefficient (Wildman–Crippen LogP) is 2.88. The van der Waals surface area contributed by atoms with E-state index in [2.05, 4.69) is 0 Å². The zero-order chi connectivity index (χ0) is 10.6. The van der Waals surface area contributed by atoms with Crippen LogP contribution in [-0.4, -0.2) is 15.5 Å². The summed E-state index contributed by atoms with van der Waals surface area (Å²) in [5.41, 5.74) is -0.380. The lowest BCUT2D eigenvalue weighted by Crippen LogP contribution is -2.54. The number of halogens is 3. The fourth-order valence-corrected chi connectivity index (χ4v) is 8.35. The van der Waals surface area contributed by atoms with Gasteiger partial charge in [0.15, 0.2) is 0 Å². The van der Waals surface area contributed by atoms with Crippen LogP contribution in [0.25, 0.3) is 0 Å². The van der Waals surface area contributed by atoms with E-state index in [1.165, 1.54) is 6.42 Å². The molecule has 5 saturated carbocycles. The summed E-state index contributed by atoms with van der Waals surface area (Å²) in [6.45, 7) is 0. The van der Waals surface area contributed by atoms with Gasteiger partial charge in [0, 0.05) is 11.8 Å². The Morgan fingerprint density at radius 2 is 1.75 bits per heavy atom. The maximum absolute atomic E-state index is 6.32. The average Bonchev–Trinajstić information content (AvgIpc) is 2.68. The molecule has 0 aromatic rings. The van der Waals surface area contributed by atoms with E-state index in [0.717, 1.165) is 35.5 Å². The maximum Gasteiger partial charge on any atom is 0.219 e. The lowest BCUT2D eigenvalue weighted by atomic mass is 9.57. The Morgan fingerprint density at radius 1 is 0.938 bits per heavy atom. The van der Waals surface area contributed by atoms with Crippen LogP contribution in [0.4, 0.5) is 0 Å². The monoisotopic (exact) mass is 276 g/mol. The fourth-order valence-electron chi connectivity index (χ4n) is 7.46. The first-order valence-corrected chi connectivity index (χ1v) is 7.45. The van der Waals surface area contributed by atoms with E-state index in [4.69, 9.17) is 39.5 Å². The second-order valence-electron chi connectivity index (χ2n) is 6.80. The zero-order valence-corrected chi connectivity index (χ0v) is 10.7. The summed E-state index contributed by atoms with van der Waals surface area (Å²) in [5.74, 6) is 6.28. The highest BCUT2D eigenvalue weighted by Crippen LogP contribution is 2.92. The van der Waals surface area contributed by atoms with Gasteiger partial charge in [-0.1, -0.05) is 34.8 Å². The van der Waals surface area contributed by atoms with Crippen molar-refractivity contribution < 1.29 is 4.74 Å². The van der Waals surface area contributed by atoms with Gasteiger partial charge in [-0.25, -0.2) is 0 Å². The van der Waals surface area contributed by atoms with Crippen LogP contribution in [0, 0.1) is 47.3 Å². The van der Waals surface area contributed by atoms with Crippen molar-refractivity contribution in [3.63, 3.8) is 0 Å². The summed E-state index contributed by atoms with van der Waals surface area (Å²) in [7, 11) is 0. The Balaban J connectivity index is 1.71. The number of ether oxygens (including phenoxy) is 1. The Kier molecular flexibility index (Phi) is 1.10. The molecule has 2 saturated heterocycles. The molecule has 4 heteroatoms. The average molecular weight is 278 g/mol. The first kappa shape index (κ1) is 8.85. The topological polar surface area (TPSA) is 9.23 Å². The van der Waals surface area contributed by atoms with Gasteiger partial charge in [-0.05, 0) is 41.9 Å². The molecule has 5 aliphatic carbocycles. The van der Waals surface area contributed by atoms with E-state index in [9.17, 15) is 0 Å². The summed E-state index contributed by atoms with van der Waals surface area (Å²) in [4.78, 5) is 0. The van der Waals surface area contributed by atoms with Gasteiger partial charge >= 0.3 is 0 Å². The normalized spacial score (nSPS) is 79.3. The molecular weight excluding hydrogens is 266 g/mol. The highest BCUT2D eigenvalue weighted by atomic mass is 35.6. The van der Waals surface area contributed by atoms with Crippen LogP contribution in [0.1, 0.15) is 6.42 Å². The van der Waals surface area contributed by atoms with E-state index in [1.807, 2.05) is 0 Å². The maximum atomic E-state index is 6.32. The van der Waals surface area contributed by atoms with Gasteiger partial charge in [0.1, 0.15) is 5.60 Å². The second-order valence-corrected chi connectivity index (χ2v) is 9.08. The van der Waals surface area contributed by atoms with Crippen LogP contribution in [-0.2, 0) is 4.74 Å². The number of hydrogen-bond acceptors (Lipinski definition) is 1. The van der Waals surface area contributed by atoms with Crippen LogP contribution in [0.3, 0.4) is 0 Å². The molecule has 10 atom stereocenters. The molecule has 7 rings (SSSR count). The standard InChI is InChI=1S/C12H11Cl3O/c13-12(14,15)11-8-3-1-2-4-5(3)9(11)7(4)10(16-11)6(2)8/h2-10H,1H2/t2-,3?,4-,5?,6+,7-,8?,9?,10-,11+/m0/s1. The molecule has 86 valence electrons. The van der Waals surface area contributed by atoms with Crippen LogP contribution in [0.15, 0.2) is 0 Å². The first-order chi connectivity index (χ1) is 7.57. The van der Waals surface area contributed by atoms with Gasteiger partial charge in [0.2, 0.25) is 3.79 Å². The van der Waals surface area contributed by atoms with Gasteiger partial charge in [-0.3, -0.25) is 0 Å². The molecule has 7 fully saturated rings. The highest BCUT2D eigenvalue weighted by Gasteiger charge is 2.95. The van der Waals surface area contributed by atoms with Crippen molar-refractivity contribution in [1.29, 1.82) is 0 Å². The quantitative estimate of drug-likeness (QED) is 0.619. The molecule has 0 aromatic carbocycles. The van der Waals surface area contributed by atoms with Crippen LogP contribution in [0.2, 0.25) is 0 Å². The predicted molar refractivity (Wildman–Crippen MR) is 60.4 cm³/mol. The Bertz CT molecular complexity index is 436. The summed E-state index contributed by atoms with van der Waals surface area (Å²) < 4.78 is 5.12. The Labute approximate surface area is 109 Å². The van der Waals surface area contributed by atoms with Gasteiger partial charge in [0.25, 0.3) is 0 Å². The third-order valence-corrected chi connectivity index (χ3v) is 8.03. The molecule has 0 spiro atoms. The van der Waals surface area contributed by atoms with Crippen molar-refractivity contribution in [1.82, 2.24) is 0 Å². The largest absolute Gasteiger partial charge is 0.366 e. The lowest BCUT2D eigenvalue weighted by Gasteiger charge is -2.47. The first-order valence-electron chi connectivity index (χ1n) is 6.32. The third-order valence-electron chi connectivity index (χ3n) is 7.14. The van der Waals surface area contributed by atoms with Crippen molar-refractivity contribution >= 4 is 34.8 Å². The molecular formula is C12H11Cl3O.